The molecule has 0 N–H and O–H groups in total. The Morgan fingerprint density at radius 3 is 2.44 bits per heavy atom. The molecule has 0 radical (unpaired) electrons. The Labute approximate surface area is 95.6 Å². The average molecular weight is 244 g/mol. The molecule has 0 amide bonds. The zero-order chi connectivity index (χ0) is 11.7. The molecule has 0 unspecified atom stereocenters. The van der Waals surface area contributed by atoms with Crippen LogP contribution in [0.5, 0.6) is 0 Å². The highest BCUT2D eigenvalue weighted by Crippen LogP contribution is 2.22. The number of ether oxygens (including phenoxy) is 1. The molecule has 0 atom stereocenters. The van der Waals surface area contributed by atoms with E-state index in [0.29, 0.717) is 5.69 Å². The Hall–Kier alpha value is -1.62. The molecule has 2 rings (SSSR count). The molecule has 1 heterocycles. The fraction of sp³-hybridized carbons (Fsp3) is 0.200. The van der Waals surface area contributed by atoms with Crippen LogP contribution >= 0.6 is 11.6 Å². The van der Waals surface area contributed by atoms with Gasteiger partial charge in [-0.2, -0.15) is 0 Å². The molecule has 1 aliphatic rings. The van der Waals surface area contributed by atoms with E-state index in [9.17, 15) is 14.0 Å². The van der Waals surface area contributed by atoms with Crippen LogP contribution in [0.4, 0.5) is 10.1 Å². The minimum Gasteiger partial charge on any atom is -0.390 e. The average Bonchev–Trinajstić information content (AvgIpc) is 2.20. The smallest absolute Gasteiger partial charge is 0.333 e. The SMILES string of the molecule is O=C1CN(c2ccc(Cl)c(F)c2)CC(=O)O1. The zero-order valence-corrected chi connectivity index (χ0v) is 8.83. The van der Waals surface area contributed by atoms with Gasteiger partial charge in [0.15, 0.2) is 0 Å². The van der Waals surface area contributed by atoms with Crippen molar-refractivity contribution in [2.45, 2.75) is 0 Å². The molecule has 0 aromatic heterocycles. The maximum atomic E-state index is 13.2. The number of nitrogens with zero attached hydrogens (tertiary/aromatic N) is 1. The minimum atomic E-state index is -0.647. The van der Waals surface area contributed by atoms with Gasteiger partial charge in [-0.1, -0.05) is 11.6 Å². The van der Waals surface area contributed by atoms with Gasteiger partial charge in [-0.25, -0.2) is 14.0 Å². The van der Waals surface area contributed by atoms with Gasteiger partial charge in [0.2, 0.25) is 0 Å². The minimum absolute atomic E-state index is 0.00494. The normalized spacial score (nSPS) is 16.2. The maximum absolute atomic E-state index is 13.2. The fourth-order valence-electron chi connectivity index (χ4n) is 1.42. The van der Waals surface area contributed by atoms with Crippen LogP contribution in [-0.4, -0.2) is 25.0 Å². The summed E-state index contributed by atoms with van der Waals surface area (Å²) in [5.41, 5.74) is 0.423. The molecule has 84 valence electrons. The van der Waals surface area contributed by atoms with Crippen molar-refractivity contribution in [2.75, 3.05) is 18.0 Å². The van der Waals surface area contributed by atoms with Crippen LogP contribution in [0.3, 0.4) is 0 Å². The van der Waals surface area contributed by atoms with Crippen LogP contribution in [0.2, 0.25) is 5.02 Å². The molecule has 0 aliphatic carbocycles. The molecular formula is C10H7ClFNO3. The first-order valence-electron chi connectivity index (χ1n) is 4.50. The van der Waals surface area contributed by atoms with E-state index in [0.717, 1.165) is 0 Å². The molecule has 0 saturated carbocycles. The molecule has 1 fully saturated rings. The number of hydrogen-bond donors (Lipinski definition) is 0. The van der Waals surface area contributed by atoms with Crippen molar-refractivity contribution >= 4 is 29.2 Å². The standard InChI is InChI=1S/C10H7ClFNO3/c11-7-2-1-6(3-8(7)12)13-4-9(14)16-10(15)5-13/h1-3H,4-5H2. The first-order chi connectivity index (χ1) is 7.56. The number of benzene rings is 1. The van der Waals surface area contributed by atoms with Crippen molar-refractivity contribution < 1.29 is 18.7 Å². The summed E-state index contributed by atoms with van der Waals surface area (Å²) in [6.45, 7) is -0.153. The van der Waals surface area contributed by atoms with Crippen LogP contribution in [0.15, 0.2) is 18.2 Å². The number of cyclic esters (lactones) is 2. The van der Waals surface area contributed by atoms with Gasteiger partial charge in [0.25, 0.3) is 0 Å². The number of halogens is 2. The second kappa shape index (κ2) is 4.09. The van der Waals surface area contributed by atoms with Gasteiger partial charge in [-0.15, -0.1) is 0 Å². The molecule has 1 aromatic carbocycles. The van der Waals surface area contributed by atoms with Gasteiger partial charge in [-0.05, 0) is 18.2 Å². The van der Waals surface area contributed by atoms with E-state index >= 15 is 0 Å². The van der Waals surface area contributed by atoms with Crippen LogP contribution in [0.25, 0.3) is 0 Å². The summed E-state index contributed by atoms with van der Waals surface area (Å²) in [6.07, 6.45) is 0. The number of esters is 2. The van der Waals surface area contributed by atoms with Crippen molar-refractivity contribution in [3.05, 3.63) is 29.0 Å². The highest BCUT2D eigenvalue weighted by molar-refractivity contribution is 6.30. The molecule has 1 aliphatic heterocycles. The Morgan fingerprint density at radius 2 is 1.88 bits per heavy atom. The number of carbonyl (C=O) groups excluding carboxylic acids is 2. The van der Waals surface area contributed by atoms with Gasteiger partial charge in [0, 0.05) is 5.69 Å². The lowest BCUT2D eigenvalue weighted by Crippen LogP contribution is -2.43. The number of morpholine rings is 1. The maximum Gasteiger partial charge on any atom is 0.333 e. The van der Waals surface area contributed by atoms with Gasteiger partial charge in [-0.3, -0.25) is 0 Å². The second-order valence-electron chi connectivity index (χ2n) is 3.30. The third kappa shape index (κ3) is 2.14. The van der Waals surface area contributed by atoms with Crippen molar-refractivity contribution in [3.63, 3.8) is 0 Å². The van der Waals surface area contributed by atoms with Crippen molar-refractivity contribution in [3.8, 4) is 0 Å². The largest absolute Gasteiger partial charge is 0.390 e. The van der Waals surface area contributed by atoms with Gasteiger partial charge in [0.05, 0.1) is 5.02 Å². The van der Waals surface area contributed by atoms with Crippen LogP contribution in [0.1, 0.15) is 0 Å². The summed E-state index contributed by atoms with van der Waals surface area (Å²) in [6, 6.07) is 4.09. The molecular weight excluding hydrogens is 237 g/mol. The topological polar surface area (TPSA) is 46.6 Å². The van der Waals surface area contributed by atoms with Crippen molar-refractivity contribution in [2.24, 2.45) is 0 Å². The lowest BCUT2D eigenvalue weighted by Gasteiger charge is -2.26. The van der Waals surface area contributed by atoms with Gasteiger partial charge in [0.1, 0.15) is 18.9 Å². The predicted molar refractivity (Wildman–Crippen MR) is 54.7 cm³/mol. The molecule has 0 spiro atoms. The third-order valence-electron chi connectivity index (χ3n) is 2.14. The van der Waals surface area contributed by atoms with E-state index in [1.54, 1.807) is 0 Å². The van der Waals surface area contributed by atoms with Crippen molar-refractivity contribution in [1.82, 2.24) is 0 Å². The molecule has 6 heteroatoms. The first kappa shape index (κ1) is 10.9. The number of carbonyl (C=O) groups is 2. The Bertz CT molecular complexity index is 447. The lowest BCUT2D eigenvalue weighted by atomic mass is 10.2. The number of rotatable bonds is 1. The summed E-state index contributed by atoms with van der Waals surface area (Å²) >= 11 is 5.52. The van der Waals surface area contributed by atoms with E-state index in [4.69, 9.17) is 11.6 Å². The zero-order valence-electron chi connectivity index (χ0n) is 8.07. The highest BCUT2D eigenvalue weighted by atomic mass is 35.5. The Kier molecular flexibility index (Phi) is 2.78. The van der Waals surface area contributed by atoms with E-state index in [1.165, 1.54) is 23.1 Å². The molecule has 1 aromatic rings. The number of hydrogen-bond acceptors (Lipinski definition) is 4. The number of anilines is 1. The molecule has 0 bridgehead atoms. The quantitative estimate of drug-likeness (QED) is 0.552. The molecule has 4 nitrogen and oxygen atoms in total. The van der Waals surface area contributed by atoms with Crippen LogP contribution in [0, 0.1) is 5.82 Å². The van der Waals surface area contributed by atoms with E-state index in [1.807, 2.05) is 0 Å². The van der Waals surface area contributed by atoms with Crippen molar-refractivity contribution in [1.29, 1.82) is 0 Å². The summed E-state index contributed by atoms with van der Waals surface area (Å²) in [5, 5.41) is -0.00494. The summed E-state index contributed by atoms with van der Waals surface area (Å²) in [7, 11) is 0. The van der Waals surface area contributed by atoms with Gasteiger partial charge < -0.3 is 9.64 Å². The highest BCUT2D eigenvalue weighted by Gasteiger charge is 2.25. The monoisotopic (exact) mass is 243 g/mol. The fourth-order valence-corrected chi connectivity index (χ4v) is 1.54. The lowest BCUT2D eigenvalue weighted by molar-refractivity contribution is -0.160. The summed E-state index contributed by atoms with van der Waals surface area (Å²) in [4.78, 5) is 23.4. The van der Waals surface area contributed by atoms with E-state index in [-0.39, 0.29) is 18.1 Å². The van der Waals surface area contributed by atoms with Gasteiger partial charge >= 0.3 is 11.9 Å². The molecule has 16 heavy (non-hydrogen) atoms. The molecule has 1 saturated heterocycles. The van der Waals surface area contributed by atoms with E-state index < -0.39 is 17.8 Å². The van der Waals surface area contributed by atoms with Crippen LogP contribution in [-0.2, 0) is 14.3 Å². The Balaban J connectivity index is 2.26. The summed E-state index contributed by atoms with van der Waals surface area (Å²) < 4.78 is 17.5. The first-order valence-corrected chi connectivity index (χ1v) is 4.87. The predicted octanol–water partition coefficient (Wildman–Crippen LogP) is 1.37. The Morgan fingerprint density at radius 1 is 1.25 bits per heavy atom. The van der Waals surface area contributed by atoms with Crippen LogP contribution < -0.4 is 4.90 Å². The summed E-state index contributed by atoms with van der Waals surface area (Å²) in [5.74, 6) is -1.89. The third-order valence-corrected chi connectivity index (χ3v) is 2.44. The second-order valence-corrected chi connectivity index (χ2v) is 3.71. The van der Waals surface area contributed by atoms with E-state index in [2.05, 4.69) is 4.74 Å².